The molecule has 0 unspecified atom stereocenters. The van der Waals surface area contributed by atoms with Gasteiger partial charge in [-0.2, -0.15) is 0 Å². The van der Waals surface area contributed by atoms with Crippen molar-refractivity contribution < 1.29 is 4.52 Å². The standard InChI is InChI=1S/C10H12N4O/c1-14(10-4-2-3-5-12-10)7-8-6-9(11)13-15-8/h2-6H,7H2,1H3,(H2,11,13). The van der Waals surface area contributed by atoms with Gasteiger partial charge in [-0.25, -0.2) is 4.98 Å². The van der Waals surface area contributed by atoms with Crippen LogP contribution in [0.25, 0.3) is 0 Å². The molecule has 0 saturated heterocycles. The summed E-state index contributed by atoms with van der Waals surface area (Å²) in [4.78, 5) is 6.17. The number of hydrogen-bond acceptors (Lipinski definition) is 5. The van der Waals surface area contributed by atoms with Crippen LogP contribution in [0.1, 0.15) is 5.76 Å². The Bertz CT molecular complexity index is 426. The summed E-state index contributed by atoms with van der Waals surface area (Å²) in [5.74, 6) is 2.01. The molecule has 0 saturated carbocycles. The average molecular weight is 204 g/mol. The van der Waals surface area contributed by atoms with Gasteiger partial charge in [0.1, 0.15) is 5.82 Å². The molecule has 78 valence electrons. The number of nitrogens with two attached hydrogens (primary N) is 1. The Morgan fingerprint density at radius 2 is 2.33 bits per heavy atom. The van der Waals surface area contributed by atoms with Crippen LogP contribution in [0.5, 0.6) is 0 Å². The zero-order valence-corrected chi connectivity index (χ0v) is 8.42. The molecule has 0 radical (unpaired) electrons. The number of pyridine rings is 1. The molecule has 2 aromatic rings. The summed E-state index contributed by atoms with van der Waals surface area (Å²) in [6.07, 6.45) is 1.75. The summed E-state index contributed by atoms with van der Waals surface area (Å²) in [5.41, 5.74) is 5.45. The van der Waals surface area contributed by atoms with Crippen LogP contribution in [0.3, 0.4) is 0 Å². The highest BCUT2D eigenvalue weighted by Gasteiger charge is 2.06. The molecule has 0 aromatic carbocycles. The summed E-state index contributed by atoms with van der Waals surface area (Å²) in [6, 6.07) is 7.45. The van der Waals surface area contributed by atoms with Crippen molar-refractivity contribution >= 4 is 11.6 Å². The van der Waals surface area contributed by atoms with E-state index in [9.17, 15) is 0 Å². The first-order chi connectivity index (χ1) is 7.25. The highest BCUT2D eigenvalue weighted by molar-refractivity contribution is 5.37. The van der Waals surface area contributed by atoms with E-state index in [-0.39, 0.29) is 0 Å². The Balaban J connectivity index is 2.07. The molecule has 2 heterocycles. The first kappa shape index (κ1) is 9.51. The van der Waals surface area contributed by atoms with Gasteiger partial charge in [-0.15, -0.1) is 0 Å². The Labute approximate surface area is 87.5 Å². The first-order valence-electron chi connectivity index (χ1n) is 4.59. The van der Waals surface area contributed by atoms with Crippen molar-refractivity contribution in [1.29, 1.82) is 0 Å². The monoisotopic (exact) mass is 204 g/mol. The fraction of sp³-hybridized carbons (Fsp3) is 0.200. The van der Waals surface area contributed by atoms with Crippen molar-refractivity contribution in [2.45, 2.75) is 6.54 Å². The Morgan fingerprint density at radius 1 is 1.47 bits per heavy atom. The van der Waals surface area contributed by atoms with E-state index in [0.717, 1.165) is 11.6 Å². The van der Waals surface area contributed by atoms with Crippen LogP contribution in [0.2, 0.25) is 0 Å². The quantitative estimate of drug-likeness (QED) is 0.815. The normalized spacial score (nSPS) is 10.2. The molecule has 0 atom stereocenters. The summed E-state index contributed by atoms with van der Waals surface area (Å²) >= 11 is 0. The molecular formula is C10H12N4O. The molecule has 2 aromatic heterocycles. The van der Waals surface area contributed by atoms with E-state index in [1.165, 1.54) is 0 Å². The number of anilines is 2. The molecule has 5 heteroatoms. The van der Waals surface area contributed by atoms with E-state index in [1.54, 1.807) is 12.3 Å². The van der Waals surface area contributed by atoms with Crippen molar-refractivity contribution in [1.82, 2.24) is 10.1 Å². The molecule has 0 aliphatic carbocycles. The van der Waals surface area contributed by atoms with Gasteiger partial charge < -0.3 is 15.2 Å². The summed E-state index contributed by atoms with van der Waals surface area (Å²) in [6.45, 7) is 0.598. The van der Waals surface area contributed by atoms with Gasteiger partial charge in [-0.3, -0.25) is 0 Å². The maximum absolute atomic E-state index is 5.45. The van der Waals surface area contributed by atoms with Crippen molar-refractivity contribution in [3.8, 4) is 0 Å². The van der Waals surface area contributed by atoms with E-state index in [2.05, 4.69) is 10.1 Å². The molecular weight excluding hydrogens is 192 g/mol. The zero-order chi connectivity index (χ0) is 10.7. The van der Waals surface area contributed by atoms with Crippen molar-refractivity contribution in [2.24, 2.45) is 0 Å². The highest BCUT2D eigenvalue weighted by atomic mass is 16.5. The molecule has 0 spiro atoms. The second-order valence-corrected chi connectivity index (χ2v) is 3.26. The predicted molar refractivity (Wildman–Crippen MR) is 57.3 cm³/mol. The maximum atomic E-state index is 5.45. The van der Waals surface area contributed by atoms with E-state index in [0.29, 0.717) is 12.4 Å². The SMILES string of the molecule is CN(Cc1cc(N)no1)c1ccccn1. The molecule has 0 amide bonds. The second-order valence-electron chi connectivity index (χ2n) is 3.26. The molecule has 2 N–H and O–H groups in total. The average Bonchev–Trinajstić information content (AvgIpc) is 2.65. The lowest BCUT2D eigenvalue weighted by Gasteiger charge is -2.15. The molecule has 0 fully saturated rings. The zero-order valence-electron chi connectivity index (χ0n) is 8.42. The van der Waals surface area contributed by atoms with Crippen LogP contribution in [0.15, 0.2) is 35.0 Å². The number of rotatable bonds is 3. The van der Waals surface area contributed by atoms with Crippen LogP contribution < -0.4 is 10.6 Å². The van der Waals surface area contributed by atoms with Gasteiger partial charge in [0.05, 0.1) is 6.54 Å². The van der Waals surface area contributed by atoms with E-state index in [4.69, 9.17) is 10.3 Å². The van der Waals surface area contributed by atoms with Crippen molar-refractivity contribution in [3.05, 3.63) is 36.2 Å². The van der Waals surface area contributed by atoms with Crippen LogP contribution >= 0.6 is 0 Å². The van der Waals surface area contributed by atoms with E-state index in [1.807, 2.05) is 30.1 Å². The van der Waals surface area contributed by atoms with E-state index >= 15 is 0 Å². The molecule has 0 aliphatic rings. The van der Waals surface area contributed by atoms with Crippen LogP contribution in [0, 0.1) is 0 Å². The van der Waals surface area contributed by atoms with Crippen LogP contribution in [-0.4, -0.2) is 17.2 Å². The van der Waals surface area contributed by atoms with Gasteiger partial charge in [0.15, 0.2) is 11.6 Å². The lowest BCUT2D eigenvalue weighted by Crippen LogP contribution is -2.16. The fourth-order valence-electron chi connectivity index (χ4n) is 1.30. The van der Waals surface area contributed by atoms with Crippen LogP contribution in [-0.2, 0) is 6.54 Å². The Kier molecular flexibility index (Phi) is 2.53. The third-order valence-corrected chi connectivity index (χ3v) is 2.01. The topological polar surface area (TPSA) is 68.2 Å². The molecule has 15 heavy (non-hydrogen) atoms. The van der Waals surface area contributed by atoms with Crippen molar-refractivity contribution in [2.75, 3.05) is 17.7 Å². The summed E-state index contributed by atoms with van der Waals surface area (Å²) < 4.78 is 5.01. The molecule has 2 rings (SSSR count). The Morgan fingerprint density at radius 3 is 2.93 bits per heavy atom. The van der Waals surface area contributed by atoms with Gasteiger partial charge in [-0.1, -0.05) is 11.2 Å². The van der Waals surface area contributed by atoms with Gasteiger partial charge in [-0.05, 0) is 12.1 Å². The molecule has 0 aliphatic heterocycles. The number of nitrogen functional groups attached to an aromatic ring is 1. The van der Waals surface area contributed by atoms with Gasteiger partial charge in [0.25, 0.3) is 0 Å². The van der Waals surface area contributed by atoms with Crippen molar-refractivity contribution in [3.63, 3.8) is 0 Å². The maximum Gasteiger partial charge on any atom is 0.167 e. The third-order valence-electron chi connectivity index (χ3n) is 2.01. The number of aromatic nitrogens is 2. The highest BCUT2D eigenvalue weighted by Crippen LogP contribution is 2.12. The minimum atomic E-state index is 0.402. The second kappa shape index (κ2) is 4.00. The third kappa shape index (κ3) is 2.25. The minimum absolute atomic E-state index is 0.402. The Hall–Kier alpha value is -2.04. The lowest BCUT2D eigenvalue weighted by atomic mass is 10.4. The number of hydrogen-bond donors (Lipinski definition) is 1. The summed E-state index contributed by atoms with van der Waals surface area (Å²) in [5, 5.41) is 3.62. The number of nitrogens with zero attached hydrogens (tertiary/aromatic N) is 3. The molecule has 0 bridgehead atoms. The predicted octanol–water partition coefficient (Wildman–Crippen LogP) is 1.29. The van der Waals surface area contributed by atoms with Crippen LogP contribution in [0.4, 0.5) is 11.6 Å². The molecule has 5 nitrogen and oxygen atoms in total. The fourth-order valence-corrected chi connectivity index (χ4v) is 1.30. The minimum Gasteiger partial charge on any atom is -0.381 e. The lowest BCUT2D eigenvalue weighted by molar-refractivity contribution is 0.385. The van der Waals surface area contributed by atoms with Gasteiger partial charge >= 0.3 is 0 Å². The largest absolute Gasteiger partial charge is 0.381 e. The van der Waals surface area contributed by atoms with E-state index < -0.39 is 0 Å². The smallest absolute Gasteiger partial charge is 0.167 e. The summed E-state index contributed by atoms with van der Waals surface area (Å²) in [7, 11) is 1.93. The van der Waals surface area contributed by atoms with Gasteiger partial charge in [0, 0.05) is 19.3 Å². The first-order valence-corrected chi connectivity index (χ1v) is 4.59. The van der Waals surface area contributed by atoms with Gasteiger partial charge in [0.2, 0.25) is 0 Å².